The van der Waals surface area contributed by atoms with Gasteiger partial charge in [-0.05, 0) is 30.2 Å². The van der Waals surface area contributed by atoms with Gasteiger partial charge in [0.25, 0.3) is 0 Å². The minimum absolute atomic E-state index is 0.175. The zero-order valence-corrected chi connectivity index (χ0v) is 11.0. The average molecular weight is 268 g/mol. The molecule has 1 aliphatic heterocycles. The molecule has 6 heteroatoms. The molecule has 1 saturated heterocycles. The largest absolute Gasteiger partial charge is 0.326 e. The summed E-state index contributed by atoms with van der Waals surface area (Å²) in [5, 5.41) is 5.66. The zero-order valence-electron chi connectivity index (χ0n) is 10.1. The van der Waals surface area contributed by atoms with Gasteiger partial charge in [-0.3, -0.25) is 4.79 Å². The first kappa shape index (κ1) is 13.0. The first-order chi connectivity index (χ1) is 8.47. The Morgan fingerprint density at radius 1 is 1.33 bits per heavy atom. The van der Waals surface area contributed by atoms with Crippen molar-refractivity contribution in [3.63, 3.8) is 0 Å². The molecule has 1 amide bonds. The van der Waals surface area contributed by atoms with E-state index >= 15 is 0 Å². The Balaban J connectivity index is 2.10. The van der Waals surface area contributed by atoms with Crippen LogP contribution in [0.1, 0.15) is 6.92 Å². The maximum atomic E-state index is 12.1. The van der Waals surface area contributed by atoms with E-state index in [2.05, 4.69) is 10.6 Å². The van der Waals surface area contributed by atoms with E-state index in [0.717, 1.165) is 13.1 Å². The SMILES string of the molecule is CC(=O)Nc1ccc(S(=O)(=O)CC2CNC2)cc1. The van der Waals surface area contributed by atoms with E-state index in [4.69, 9.17) is 0 Å². The van der Waals surface area contributed by atoms with E-state index < -0.39 is 9.84 Å². The summed E-state index contributed by atoms with van der Waals surface area (Å²) in [4.78, 5) is 11.2. The summed E-state index contributed by atoms with van der Waals surface area (Å²) in [5.74, 6) is 0.218. The van der Waals surface area contributed by atoms with Gasteiger partial charge in [-0.2, -0.15) is 0 Å². The molecule has 0 atom stereocenters. The predicted molar refractivity (Wildman–Crippen MR) is 69.2 cm³/mol. The molecule has 1 fully saturated rings. The van der Waals surface area contributed by atoms with Crippen molar-refractivity contribution in [1.29, 1.82) is 0 Å². The van der Waals surface area contributed by atoms with Gasteiger partial charge in [0.2, 0.25) is 5.91 Å². The van der Waals surface area contributed by atoms with Gasteiger partial charge in [-0.15, -0.1) is 0 Å². The van der Waals surface area contributed by atoms with Gasteiger partial charge in [0.15, 0.2) is 9.84 Å². The lowest BCUT2D eigenvalue weighted by molar-refractivity contribution is -0.114. The van der Waals surface area contributed by atoms with Crippen LogP contribution in [0.4, 0.5) is 5.69 Å². The van der Waals surface area contributed by atoms with Gasteiger partial charge in [0, 0.05) is 25.7 Å². The van der Waals surface area contributed by atoms with Crippen LogP contribution in [0.2, 0.25) is 0 Å². The van der Waals surface area contributed by atoms with Crippen molar-refractivity contribution in [2.75, 3.05) is 24.2 Å². The van der Waals surface area contributed by atoms with Crippen LogP contribution in [0, 0.1) is 5.92 Å². The molecule has 0 bridgehead atoms. The maximum absolute atomic E-state index is 12.1. The fourth-order valence-electron chi connectivity index (χ4n) is 1.82. The van der Waals surface area contributed by atoms with Crippen LogP contribution < -0.4 is 10.6 Å². The van der Waals surface area contributed by atoms with Crippen LogP contribution in [-0.2, 0) is 14.6 Å². The molecule has 0 aromatic heterocycles. The third-order valence-corrected chi connectivity index (χ3v) is 4.76. The molecule has 1 aliphatic rings. The maximum Gasteiger partial charge on any atom is 0.221 e. The Morgan fingerprint density at radius 3 is 2.39 bits per heavy atom. The van der Waals surface area contributed by atoms with Gasteiger partial charge in [0.05, 0.1) is 10.6 Å². The monoisotopic (exact) mass is 268 g/mol. The van der Waals surface area contributed by atoms with Gasteiger partial charge in [0.1, 0.15) is 0 Å². The third kappa shape index (κ3) is 3.08. The Kier molecular flexibility index (Phi) is 3.68. The number of anilines is 1. The lowest BCUT2D eigenvalue weighted by atomic mass is 10.1. The second kappa shape index (κ2) is 5.07. The topological polar surface area (TPSA) is 75.3 Å². The molecular formula is C12H16N2O3S. The number of carbonyl (C=O) groups excluding carboxylic acids is 1. The molecular weight excluding hydrogens is 252 g/mol. The third-order valence-electron chi connectivity index (χ3n) is 2.85. The van der Waals surface area contributed by atoms with Crippen molar-refractivity contribution in [1.82, 2.24) is 5.32 Å². The number of hydrogen-bond acceptors (Lipinski definition) is 4. The normalized spacial score (nSPS) is 16.1. The Bertz CT molecular complexity index is 533. The number of hydrogen-bond donors (Lipinski definition) is 2. The molecule has 2 N–H and O–H groups in total. The number of rotatable bonds is 4. The number of nitrogens with one attached hydrogen (secondary N) is 2. The summed E-state index contributed by atoms with van der Waals surface area (Å²) in [6.07, 6.45) is 0. The van der Waals surface area contributed by atoms with Crippen LogP contribution in [0.25, 0.3) is 0 Å². The summed E-state index contributed by atoms with van der Waals surface area (Å²) >= 11 is 0. The van der Waals surface area contributed by atoms with Gasteiger partial charge in [-0.25, -0.2) is 8.42 Å². The molecule has 0 aliphatic carbocycles. The van der Waals surface area contributed by atoms with Gasteiger partial charge < -0.3 is 10.6 Å². The quantitative estimate of drug-likeness (QED) is 0.840. The van der Waals surface area contributed by atoms with Crippen LogP contribution in [0.3, 0.4) is 0 Å². The molecule has 0 saturated carbocycles. The van der Waals surface area contributed by atoms with E-state index in [0.29, 0.717) is 10.6 Å². The van der Waals surface area contributed by atoms with Crippen LogP contribution >= 0.6 is 0 Å². The standard InChI is InChI=1S/C12H16N2O3S/c1-9(15)14-11-2-4-12(5-3-11)18(16,17)8-10-6-13-7-10/h2-5,10,13H,6-8H2,1H3,(H,14,15). The average Bonchev–Trinajstić information content (AvgIpc) is 2.24. The summed E-state index contributed by atoms with van der Waals surface area (Å²) in [6, 6.07) is 6.28. The molecule has 18 heavy (non-hydrogen) atoms. The van der Waals surface area contributed by atoms with Crippen molar-refractivity contribution in [3.05, 3.63) is 24.3 Å². The van der Waals surface area contributed by atoms with E-state index in [1.807, 2.05) is 0 Å². The predicted octanol–water partition coefficient (Wildman–Crippen LogP) is 0.638. The fraction of sp³-hybridized carbons (Fsp3) is 0.417. The summed E-state index contributed by atoms with van der Waals surface area (Å²) in [5.41, 5.74) is 0.603. The Hall–Kier alpha value is -1.40. The highest BCUT2D eigenvalue weighted by Gasteiger charge is 2.25. The molecule has 0 unspecified atom stereocenters. The Morgan fingerprint density at radius 2 is 1.94 bits per heavy atom. The minimum Gasteiger partial charge on any atom is -0.326 e. The summed E-state index contributed by atoms with van der Waals surface area (Å²) in [7, 11) is -3.22. The highest BCUT2D eigenvalue weighted by atomic mass is 32.2. The van der Waals surface area contributed by atoms with Crippen LogP contribution in [-0.4, -0.2) is 33.2 Å². The van der Waals surface area contributed by atoms with Crippen LogP contribution in [0.15, 0.2) is 29.2 Å². The number of benzene rings is 1. The second-order valence-corrected chi connectivity index (χ2v) is 6.55. The number of carbonyl (C=O) groups is 1. The van der Waals surface area contributed by atoms with E-state index in [1.54, 1.807) is 12.1 Å². The molecule has 1 heterocycles. The second-order valence-electron chi connectivity index (χ2n) is 4.51. The van der Waals surface area contributed by atoms with Crippen molar-refractivity contribution in [3.8, 4) is 0 Å². The zero-order chi connectivity index (χ0) is 13.2. The van der Waals surface area contributed by atoms with Crippen molar-refractivity contribution in [2.24, 2.45) is 5.92 Å². The number of sulfone groups is 1. The number of amides is 1. The molecule has 1 aromatic carbocycles. The van der Waals surface area contributed by atoms with Crippen molar-refractivity contribution in [2.45, 2.75) is 11.8 Å². The summed E-state index contributed by atoms with van der Waals surface area (Å²) < 4.78 is 24.1. The first-order valence-electron chi connectivity index (χ1n) is 5.78. The highest BCUT2D eigenvalue weighted by Crippen LogP contribution is 2.18. The van der Waals surface area contributed by atoms with Gasteiger partial charge >= 0.3 is 0 Å². The van der Waals surface area contributed by atoms with Crippen LogP contribution in [0.5, 0.6) is 0 Å². The van der Waals surface area contributed by atoms with E-state index in [9.17, 15) is 13.2 Å². The molecule has 98 valence electrons. The Labute approximate surface area is 107 Å². The highest BCUT2D eigenvalue weighted by molar-refractivity contribution is 7.91. The summed E-state index contributed by atoms with van der Waals surface area (Å²) in [6.45, 7) is 2.95. The lowest BCUT2D eigenvalue weighted by Gasteiger charge is -2.26. The van der Waals surface area contributed by atoms with E-state index in [1.165, 1.54) is 19.1 Å². The molecule has 2 rings (SSSR count). The molecule has 1 aromatic rings. The van der Waals surface area contributed by atoms with Crippen molar-refractivity contribution < 1.29 is 13.2 Å². The van der Waals surface area contributed by atoms with E-state index in [-0.39, 0.29) is 17.6 Å². The smallest absolute Gasteiger partial charge is 0.221 e. The van der Waals surface area contributed by atoms with Crippen molar-refractivity contribution >= 4 is 21.4 Å². The molecule has 0 spiro atoms. The first-order valence-corrected chi connectivity index (χ1v) is 7.44. The van der Waals surface area contributed by atoms with Gasteiger partial charge in [-0.1, -0.05) is 0 Å². The molecule has 5 nitrogen and oxygen atoms in total. The molecule has 0 radical (unpaired) electrons. The fourth-order valence-corrected chi connectivity index (χ4v) is 3.42. The minimum atomic E-state index is -3.22. The lowest BCUT2D eigenvalue weighted by Crippen LogP contribution is -2.45.